The zero-order chi connectivity index (χ0) is 16.0. The van der Waals surface area contributed by atoms with E-state index in [1.165, 1.54) is 48.1 Å². The number of allylic oxidation sites excluding steroid dienone is 2. The molecule has 0 spiro atoms. The van der Waals surface area contributed by atoms with Crippen LogP contribution in [0.25, 0.3) is 0 Å². The highest BCUT2D eigenvalue weighted by molar-refractivity contribution is 7.16. The molecular weight excluding hydrogens is 300 g/mol. The highest BCUT2D eigenvalue weighted by atomic mass is 32.1. The van der Waals surface area contributed by atoms with Gasteiger partial charge in [-0.15, -0.1) is 11.3 Å². The van der Waals surface area contributed by atoms with Crippen molar-refractivity contribution in [3.05, 3.63) is 27.7 Å². The average molecular weight is 324 g/mol. The van der Waals surface area contributed by atoms with Crippen LogP contribution in [0.3, 0.4) is 0 Å². The van der Waals surface area contributed by atoms with E-state index in [4.69, 9.17) is 4.99 Å². The normalized spacial score (nSPS) is 28.5. The van der Waals surface area contributed by atoms with Gasteiger partial charge in [-0.2, -0.15) is 5.26 Å². The molecule has 4 aliphatic rings. The molecule has 1 heterocycles. The maximum Gasteiger partial charge on any atom is 0.134 e. The van der Waals surface area contributed by atoms with Gasteiger partial charge >= 0.3 is 0 Å². The number of aryl methyl sites for hydroxylation is 1. The van der Waals surface area contributed by atoms with E-state index in [2.05, 4.69) is 32.2 Å². The Bertz CT molecular complexity index is 730. The van der Waals surface area contributed by atoms with Crippen molar-refractivity contribution in [2.45, 2.75) is 58.8 Å². The largest absolute Gasteiger partial charge is 0.244 e. The van der Waals surface area contributed by atoms with Crippen LogP contribution >= 0.6 is 11.3 Å². The van der Waals surface area contributed by atoms with Crippen molar-refractivity contribution in [2.75, 3.05) is 0 Å². The molecule has 1 aromatic heterocycles. The molecule has 23 heavy (non-hydrogen) atoms. The van der Waals surface area contributed by atoms with Crippen molar-refractivity contribution in [3.63, 3.8) is 0 Å². The topological polar surface area (TPSA) is 36.1 Å². The van der Waals surface area contributed by atoms with E-state index < -0.39 is 0 Å². The van der Waals surface area contributed by atoms with Crippen LogP contribution in [0.5, 0.6) is 0 Å². The van der Waals surface area contributed by atoms with Crippen LogP contribution in [0.2, 0.25) is 0 Å². The fourth-order valence-corrected chi connectivity index (χ4v) is 5.80. The maximum atomic E-state index is 9.60. The molecule has 2 nitrogen and oxygen atoms in total. The first-order chi connectivity index (χ1) is 11.1. The lowest BCUT2D eigenvalue weighted by Crippen LogP contribution is -2.48. The molecule has 2 bridgehead atoms. The van der Waals surface area contributed by atoms with Gasteiger partial charge in [-0.05, 0) is 66.9 Å². The van der Waals surface area contributed by atoms with Crippen molar-refractivity contribution >= 4 is 22.6 Å². The highest BCUT2D eigenvalue weighted by Crippen LogP contribution is 2.58. The van der Waals surface area contributed by atoms with Crippen molar-refractivity contribution in [3.8, 4) is 6.07 Å². The first kappa shape index (κ1) is 15.1. The Balaban J connectivity index is 1.62. The number of hydrogen-bond acceptors (Lipinski definition) is 3. The summed E-state index contributed by atoms with van der Waals surface area (Å²) in [5.74, 6) is 1.52. The standard InChI is InChI=1S/C20H24N2S/c1-20(2)14-9-8-13(17(20)10-14)12-22-19-16(11-21)15-6-4-3-5-7-18(15)23-19/h8,12,14,17H,3-7,9-10H2,1-2H3. The van der Waals surface area contributed by atoms with Crippen molar-refractivity contribution in [1.82, 2.24) is 0 Å². The van der Waals surface area contributed by atoms with Gasteiger partial charge in [0.15, 0.2) is 0 Å². The molecular formula is C20H24N2S. The molecule has 5 rings (SSSR count). The van der Waals surface area contributed by atoms with Gasteiger partial charge in [-0.25, -0.2) is 4.99 Å². The van der Waals surface area contributed by atoms with Crippen LogP contribution in [0, 0.1) is 28.6 Å². The first-order valence-corrected chi connectivity index (χ1v) is 9.71. The minimum atomic E-state index is 0.431. The van der Waals surface area contributed by atoms with Crippen LogP contribution in [0.4, 0.5) is 5.00 Å². The van der Waals surface area contributed by atoms with Crippen LogP contribution in [0.15, 0.2) is 16.6 Å². The summed E-state index contributed by atoms with van der Waals surface area (Å²) in [7, 11) is 0. The van der Waals surface area contributed by atoms with Crippen LogP contribution in [-0.2, 0) is 12.8 Å². The second-order valence-corrected chi connectivity index (χ2v) is 8.94. The summed E-state index contributed by atoms with van der Waals surface area (Å²) < 4.78 is 0. The predicted molar refractivity (Wildman–Crippen MR) is 96.5 cm³/mol. The molecule has 2 unspecified atom stereocenters. The van der Waals surface area contributed by atoms with Gasteiger partial charge < -0.3 is 0 Å². The van der Waals surface area contributed by atoms with E-state index in [1.54, 1.807) is 11.3 Å². The van der Waals surface area contributed by atoms with E-state index >= 15 is 0 Å². The molecule has 1 aromatic rings. The minimum absolute atomic E-state index is 0.431. The summed E-state index contributed by atoms with van der Waals surface area (Å²) in [6.45, 7) is 4.78. The second kappa shape index (κ2) is 5.60. The first-order valence-electron chi connectivity index (χ1n) is 8.90. The lowest BCUT2D eigenvalue weighted by atomic mass is 9.49. The monoisotopic (exact) mass is 324 g/mol. The third kappa shape index (κ3) is 2.39. The van der Waals surface area contributed by atoms with E-state index in [1.807, 2.05) is 0 Å². The fourth-order valence-electron chi connectivity index (χ4n) is 4.61. The summed E-state index contributed by atoms with van der Waals surface area (Å²) >= 11 is 1.75. The Morgan fingerprint density at radius 2 is 2.13 bits per heavy atom. The zero-order valence-electron chi connectivity index (χ0n) is 14.1. The third-order valence-electron chi connectivity index (χ3n) is 6.36. The minimum Gasteiger partial charge on any atom is -0.244 e. The van der Waals surface area contributed by atoms with Crippen LogP contribution in [-0.4, -0.2) is 6.21 Å². The molecule has 0 radical (unpaired) electrons. The second-order valence-electron chi connectivity index (χ2n) is 7.86. The molecule has 4 aliphatic carbocycles. The third-order valence-corrected chi connectivity index (χ3v) is 7.56. The Labute approximate surface area is 142 Å². The summed E-state index contributed by atoms with van der Waals surface area (Å²) in [5.41, 5.74) is 3.97. The van der Waals surface area contributed by atoms with Gasteiger partial charge in [0.2, 0.25) is 0 Å². The van der Waals surface area contributed by atoms with Crippen LogP contribution in [0.1, 0.15) is 62.0 Å². The van der Waals surface area contributed by atoms with E-state index in [-0.39, 0.29) is 0 Å². The number of hydrogen-bond donors (Lipinski definition) is 0. The number of aliphatic imine (C=N–C) groups is 1. The van der Waals surface area contributed by atoms with E-state index in [9.17, 15) is 5.26 Å². The Morgan fingerprint density at radius 1 is 1.30 bits per heavy atom. The number of nitrogens with zero attached hydrogens (tertiary/aromatic N) is 2. The van der Waals surface area contributed by atoms with Crippen LogP contribution < -0.4 is 0 Å². The van der Waals surface area contributed by atoms with E-state index in [0.717, 1.165) is 29.3 Å². The summed E-state index contributed by atoms with van der Waals surface area (Å²) in [6, 6.07) is 2.43. The van der Waals surface area contributed by atoms with E-state index in [0.29, 0.717) is 11.3 Å². The van der Waals surface area contributed by atoms with Crippen molar-refractivity contribution in [2.24, 2.45) is 22.2 Å². The summed E-state index contributed by atoms with van der Waals surface area (Å²) in [4.78, 5) is 6.19. The number of thiophene rings is 1. The van der Waals surface area contributed by atoms with Gasteiger partial charge in [0, 0.05) is 11.1 Å². The average Bonchev–Trinajstić information content (AvgIpc) is 2.72. The van der Waals surface area contributed by atoms with Gasteiger partial charge in [0.25, 0.3) is 0 Å². The lowest BCUT2D eigenvalue weighted by Gasteiger charge is -2.55. The molecule has 0 saturated heterocycles. The Kier molecular flexibility index (Phi) is 3.69. The smallest absolute Gasteiger partial charge is 0.134 e. The molecule has 1 fully saturated rings. The Hall–Kier alpha value is -1.40. The number of rotatable bonds is 2. The maximum absolute atomic E-state index is 9.60. The molecule has 0 N–H and O–H groups in total. The molecule has 120 valence electrons. The molecule has 3 heteroatoms. The van der Waals surface area contributed by atoms with Crippen molar-refractivity contribution in [1.29, 1.82) is 5.26 Å². The SMILES string of the molecule is CC1(C)C2CC=C(C=Nc3sc4c(c3C#N)CCCCC4)C1C2. The highest BCUT2D eigenvalue weighted by Gasteiger charge is 2.50. The fraction of sp³-hybridized carbons (Fsp3) is 0.600. The molecule has 0 aliphatic heterocycles. The van der Waals surface area contributed by atoms with Gasteiger partial charge in [0.05, 0.1) is 5.56 Å². The number of fused-ring (bicyclic) bond motifs is 2. The zero-order valence-corrected chi connectivity index (χ0v) is 14.9. The summed E-state index contributed by atoms with van der Waals surface area (Å²) in [5, 5.41) is 10.5. The predicted octanol–water partition coefficient (Wildman–Crippen LogP) is 5.58. The Morgan fingerprint density at radius 3 is 2.87 bits per heavy atom. The van der Waals surface area contributed by atoms with Gasteiger partial charge in [0.1, 0.15) is 11.1 Å². The molecule has 2 atom stereocenters. The quantitative estimate of drug-likeness (QED) is 0.516. The summed E-state index contributed by atoms with van der Waals surface area (Å²) in [6.07, 6.45) is 12.9. The number of nitriles is 1. The van der Waals surface area contributed by atoms with Gasteiger partial charge in [-0.3, -0.25) is 0 Å². The molecule has 0 amide bonds. The van der Waals surface area contributed by atoms with Gasteiger partial charge in [-0.1, -0.05) is 26.3 Å². The van der Waals surface area contributed by atoms with Crippen molar-refractivity contribution < 1.29 is 0 Å². The lowest BCUT2D eigenvalue weighted by molar-refractivity contribution is -0.00123. The molecule has 0 aromatic carbocycles. The molecule has 1 saturated carbocycles.